The van der Waals surface area contributed by atoms with Crippen LogP contribution >= 0.6 is 11.3 Å². The molecule has 1 N–H and O–H groups in total. The van der Waals surface area contributed by atoms with Crippen LogP contribution in [0.4, 0.5) is 11.4 Å². The van der Waals surface area contributed by atoms with Crippen LogP contribution in [0.15, 0.2) is 23.6 Å². The van der Waals surface area contributed by atoms with Crippen molar-refractivity contribution in [3.05, 3.63) is 50.0 Å². The van der Waals surface area contributed by atoms with E-state index in [1.54, 1.807) is 0 Å². The number of benzene rings is 1. The van der Waals surface area contributed by atoms with Gasteiger partial charge >= 0.3 is 0 Å². The number of anilines is 1. The van der Waals surface area contributed by atoms with Crippen LogP contribution in [-0.2, 0) is 6.54 Å². The molecule has 0 radical (unpaired) electrons. The van der Waals surface area contributed by atoms with Crippen LogP contribution in [0.5, 0.6) is 0 Å². The Kier molecular flexibility index (Phi) is 3.86. The van der Waals surface area contributed by atoms with E-state index in [-0.39, 0.29) is 11.3 Å². The molecule has 0 atom stereocenters. The predicted molar refractivity (Wildman–Crippen MR) is 72.7 cm³/mol. The molecule has 1 aromatic heterocycles. The molecule has 7 heteroatoms. The molecular formula is C12H11N3O3S. The van der Waals surface area contributed by atoms with E-state index < -0.39 is 4.92 Å². The monoisotopic (exact) mass is 277 g/mol. The molecule has 0 saturated heterocycles. The highest BCUT2D eigenvalue weighted by molar-refractivity contribution is 7.09. The number of hydrogen-bond acceptors (Lipinski definition) is 6. The molecule has 0 bridgehead atoms. The lowest BCUT2D eigenvalue weighted by Crippen LogP contribution is -2.03. The molecule has 1 heterocycles. The first-order valence-electron chi connectivity index (χ1n) is 5.48. The largest absolute Gasteiger partial charge is 0.374 e. The van der Waals surface area contributed by atoms with Crippen LogP contribution < -0.4 is 5.32 Å². The normalized spacial score (nSPS) is 10.2. The van der Waals surface area contributed by atoms with Crippen LogP contribution in [0.2, 0.25) is 0 Å². The summed E-state index contributed by atoms with van der Waals surface area (Å²) in [6.45, 7) is 2.31. The SMILES string of the molecule is Cc1nc(CNc2ccc(C=O)cc2[N+](=O)[O-])cs1. The number of aromatic nitrogens is 1. The fourth-order valence-electron chi connectivity index (χ4n) is 1.60. The van der Waals surface area contributed by atoms with Gasteiger partial charge in [-0.1, -0.05) is 0 Å². The van der Waals surface area contributed by atoms with Crippen LogP contribution in [0.3, 0.4) is 0 Å². The smallest absolute Gasteiger partial charge is 0.293 e. The van der Waals surface area contributed by atoms with Crippen molar-refractivity contribution >= 4 is 29.0 Å². The van der Waals surface area contributed by atoms with Crippen LogP contribution in [0, 0.1) is 17.0 Å². The summed E-state index contributed by atoms with van der Waals surface area (Å²) in [7, 11) is 0. The number of nitrogens with one attached hydrogen (secondary N) is 1. The summed E-state index contributed by atoms with van der Waals surface area (Å²) in [5.74, 6) is 0. The molecule has 0 unspecified atom stereocenters. The van der Waals surface area contributed by atoms with E-state index in [2.05, 4.69) is 10.3 Å². The van der Waals surface area contributed by atoms with Gasteiger partial charge in [0.2, 0.25) is 0 Å². The standard InChI is InChI=1S/C12H11N3O3S/c1-8-14-10(7-19-8)5-13-11-3-2-9(6-16)4-12(11)15(17)18/h2-4,6-7,13H,5H2,1H3. The molecule has 0 fully saturated rings. The summed E-state index contributed by atoms with van der Waals surface area (Å²) in [5.41, 5.74) is 1.37. The minimum Gasteiger partial charge on any atom is -0.374 e. The van der Waals surface area contributed by atoms with Gasteiger partial charge in [0.25, 0.3) is 5.69 Å². The summed E-state index contributed by atoms with van der Waals surface area (Å²) in [6.07, 6.45) is 0.584. The van der Waals surface area contributed by atoms with E-state index in [0.29, 0.717) is 18.5 Å². The van der Waals surface area contributed by atoms with Crippen molar-refractivity contribution < 1.29 is 9.72 Å². The molecular weight excluding hydrogens is 266 g/mol. The molecule has 0 aliphatic carbocycles. The Hall–Kier alpha value is -2.28. The average Bonchev–Trinajstić information content (AvgIpc) is 2.82. The van der Waals surface area contributed by atoms with Gasteiger partial charge in [0, 0.05) is 17.0 Å². The summed E-state index contributed by atoms with van der Waals surface area (Å²) < 4.78 is 0. The number of hydrogen-bond donors (Lipinski definition) is 1. The van der Waals surface area contributed by atoms with Crippen molar-refractivity contribution in [3.63, 3.8) is 0 Å². The number of nitrogens with zero attached hydrogens (tertiary/aromatic N) is 2. The topological polar surface area (TPSA) is 85.1 Å². The zero-order chi connectivity index (χ0) is 13.8. The van der Waals surface area contributed by atoms with E-state index in [1.165, 1.54) is 29.5 Å². The Bertz CT molecular complexity index is 624. The molecule has 0 amide bonds. The molecule has 19 heavy (non-hydrogen) atoms. The summed E-state index contributed by atoms with van der Waals surface area (Å²) in [5, 5.41) is 16.7. The van der Waals surface area contributed by atoms with Crippen LogP contribution in [0.1, 0.15) is 21.1 Å². The van der Waals surface area contributed by atoms with Gasteiger partial charge in [-0.05, 0) is 19.1 Å². The molecule has 0 saturated carbocycles. The molecule has 0 aliphatic heterocycles. The first kappa shape index (κ1) is 13.2. The quantitative estimate of drug-likeness (QED) is 0.516. The highest BCUT2D eigenvalue weighted by Crippen LogP contribution is 2.25. The van der Waals surface area contributed by atoms with Crippen LogP contribution in [-0.4, -0.2) is 16.2 Å². The Morgan fingerprint density at radius 2 is 2.32 bits per heavy atom. The van der Waals surface area contributed by atoms with Gasteiger partial charge in [-0.2, -0.15) is 0 Å². The van der Waals surface area contributed by atoms with Crippen molar-refractivity contribution in [2.24, 2.45) is 0 Å². The van der Waals surface area contributed by atoms with Gasteiger partial charge in [-0.15, -0.1) is 11.3 Å². The summed E-state index contributed by atoms with van der Waals surface area (Å²) in [4.78, 5) is 25.3. The Morgan fingerprint density at radius 3 is 2.89 bits per heavy atom. The number of thiazole rings is 1. The van der Waals surface area contributed by atoms with E-state index in [1.807, 2.05) is 12.3 Å². The molecule has 0 aliphatic rings. The second-order valence-corrected chi connectivity index (χ2v) is 4.93. The molecule has 6 nitrogen and oxygen atoms in total. The van der Waals surface area contributed by atoms with Gasteiger partial charge in [0.1, 0.15) is 12.0 Å². The lowest BCUT2D eigenvalue weighted by Gasteiger charge is -2.05. The van der Waals surface area contributed by atoms with Crippen molar-refractivity contribution in [1.29, 1.82) is 0 Å². The van der Waals surface area contributed by atoms with Gasteiger partial charge in [-0.25, -0.2) is 4.98 Å². The van der Waals surface area contributed by atoms with Gasteiger partial charge in [0.15, 0.2) is 0 Å². The molecule has 2 aromatic rings. The molecule has 2 rings (SSSR count). The zero-order valence-electron chi connectivity index (χ0n) is 10.1. The molecule has 1 aromatic carbocycles. The maximum absolute atomic E-state index is 10.9. The van der Waals surface area contributed by atoms with Crippen LogP contribution in [0.25, 0.3) is 0 Å². The van der Waals surface area contributed by atoms with Crippen molar-refractivity contribution in [3.8, 4) is 0 Å². The van der Waals surface area contributed by atoms with E-state index in [0.717, 1.165) is 10.7 Å². The fourth-order valence-corrected chi connectivity index (χ4v) is 2.21. The van der Waals surface area contributed by atoms with E-state index in [4.69, 9.17) is 0 Å². The van der Waals surface area contributed by atoms with E-state index >= 15 is 0 Å². The number of nitro benzene ring substituents is 1. The number of carbonyl (C=O) groups is 1. The summed E-state index contributed by atoms with van der Waals surface area (Å²) >= 11 is 1.52. The fraction of sp³-hybridized carbons (Fsp3) is 0.167. The molecule has 0 spiro atoms. The highest BCUT2D eigenvalue weighted by Gasteiger charge is 2.14. The van der Waals surface area contributed by atoms with Gasteiger partial charge in [0.05, 0.1) is 22.2 Å². The Balaban J connectivity index is 2.19. The second kappa shape index (κ2) is 5.57. The molecule has 98 valence electrons. The third kappa shape index (κ3) is 3.14. The predicted octanol–water partition coefficient (Wildman–Crippen LogP) is 2.78. The Labute approximate surface area is 113 Å². The van der Waals surface area contributed by atoms with Gasteiger partial charge in [-0.3, -0.25) is 14.9 Å². The third-order valence-corrected chi connectivity index (χ3v) is 3.30. The van der Waals surface area contributed by atoms with Gasteiger partial charge < -0.3 is 5.32 Å². The second-order valence-electron chi connectivity index (χ2n) is 3.86. The minimum absolute atomic E-state index is 0.114. The highest BCUT2D eigenvalue weighted by atomic mass is 32.1. The maximum atomic E-state index is 10.9. The first-order valence-corrected chi connectivity index (χ1v) is 6.36. The zero-order valence-corrected chi connectivity index (χ0v) is 10.9. The lowest BCUT2D eigenvalue weighted by molar-refractivity contribution is -0.384. The lowest BCUT2D eigenvalue weighted by atomic mass is 10.2. The van der Waals surface area contributed by atoms with Crippen molar-refractivity contribution in [1.82, 2.24) is 4.98 Å². The minimum atomic E-state index is -0.512. The van der Waals surface area contributed by atoms with Crippen molar-refractivity contribution in [2.45, 2.75) is 13.5 Å². The van der Waals surface area contributed by atoms with E-state index in [9.17, 15) is 14.9 Å². The maximum Gasteiger partial charge on any atom is 0.293 e. The number of aryl methyl sites for hydroxylation is 1. The number of rotatable bonds is 5. The Morgan fingerprint density at radius 1 is 1.53 bits per heavy atom. The average molecular weight is 277 g/mol. The number of aldehydes is 1. The van der Waals surface area contributed by atoms with Crippen molar-refractivity contribution in [2.75, 3.05) is 5.32 Å². The summed E-state index contributed by atoms with van der Waals surface area (Å²) in [6, 6.07) is 4.32. The third-order valence-electron chi connectivity index (χ3n) is 2.48. The number of carbonyl (C=O) groups excluding carboxylic acids is 1. The first-order chi connectivity index (χ1) is 9.10. The number of nitro groups is 1.